The van der Waals surface area contributed by atoms with Crippen molar-refractivity contribution in [1.29, 1.82) is 0 Å². The fourth-order valence-corrected chi connectivity index (χ4v) is 10.8. The van der Waals surface area contributed by atoms with Crippen molar-refractivity contribution in [3.8, 4) is 51.5 Å². The molecule has 2 aliphatic rings. The molecule has 73 heavy (non-hydrogen) atoms. The number of rotatable bonds is 13. The van der Waals surface area contributed by atoms with Gasteiger partial charge in [0, 0.05) is 91.7 Å². The third kappa shape index (κ3) is 8.32. The molecule has 11 rings (SSSR count). The Hall–Kier alpha value is -7.35. The Bertz CT molecular complexity index is 3660. The molecule has 0 unspecified atom stereocenters. The number of methoxy groups -OCH3 is 1. The molecule has 13 heteroatoms. The summed E-state index contributed by atoms with van der Waals surface area (Å²) in [7, 11) is 6.21. The third-order valence-corrected chi connectivity index (χ3v) is 14.3. The van der Waals surface area contributed by atoms with Crippen LogP contribution in [0.25, 0.3) is 77.0 Å². The number of aromatic nitrogens is 3. The van der Waals surface area contributed by atoms with Gasteiger partial charge in [0.05, 0.1) is 34.9 Å². The number of fused-ring (bicyclic) bond motifs is 2. The molecule has 2 aliphatic heterocycles. The van der Waals surface area contributed by atoms with Crippen LogP contribution in [0, 0.1) is 11.8 Å². The topological polar surface area (TPSA) is 132 Å². The Kier molecular flexibility index (Phi) is 13.9. The van der Waals surface area contributed by atoms with E-state index in [1.54, 1.807) is 56.5 Å². The average molecular weight is 1170 g/mol. The van der Waals surface area contributed by atoms with E-state index in [1.165, 1.54) is 9.80 Å². The molecule has 0 N–H and O–H groups in total. The second-order valence-corrected chi connectivity index (χ2v) is 18.1. The van der Waals surface area contributed by atoms with Gasteiger partial charge >= 0.3 is 28.2 Å². The number of imide groups is 2. The molecule has 0 saturated carbocycles. The molecular formula is C60H49ClN5O6Pt. The van der Waals surface area contributed by atoms with Crippen LogP contribution in [0.1, 0.15) is 106 Å². The van der Waals surface area contributed by atoms with Gasteiger partial charge in [-0.3, -0.25) is 38.9 Å². The van der Waals surface area contributed by atoms with Crippen molar-refractivity contribution in [2.75, 3.05) is 20.3 Å². The van der Waals surface area contributed by atoms with Crippen molar-refractivity contribution < 1.29 is 47.4 Å². The normalized spacial score (nSPS) is 13.2. The minimum absolute atomic E-state index is 0.190. The third-order valence-electron chi connectivity index (χ3n) is 14.3. The number of hydrogen-bond donors (Lipinski definition) is 0. The number of pyridine rings is 3. The van der Waals surface area contributed by atoms with Gasteiger partial charge < -0.3 is 9.47 Å². The van der Waals surface area contributed by atoms with Crippen LogP contribution >= 0.6 is 9.42 Å². The van der Waals surface area contributed by atoms with E-state index in [0.29, 0.717) is 97.0 Å². The number of hydrogen-bond acceptors (Lipinski definition) is 9. The van der Waals surface area contributed by atoms with Crippen LogP contribution in [0.3, 0.4) is 0 Å². The van der Waals surface area contributed by atoms with E-state index in [-0.39, 0.29) is 48.9 Å². The molecule has 5 heterocycles. The number of carbonyl (C=O) groups is 4. The van der Waals surface area contributed by atoms with Gasteiger partial charge in [-0.05, 0) is 120 Å². The summed E-state index contributed by atoms with van der Waals surface area (Å²) in [6, 6.07) is 33.9. The summed E-state index contributed by atoms with van der Waals surface area (Å²) in [6.07, 6.45) is 5.93. The van der Waals surface area contributed by atoms with Gasteiger partial charge in [0.25, 0.3) is 23.6 Å². The first-order valence-electron chi connectivity index (χ1n) is 24.4. The minimum atomic E-state index is -0.374. The van der Waals surface area contributed by atoms with E-state index >= 15 is 0 Å². The molecule has 0 aliphatic carbocycles. The maximum atomic E-state index is 14.9. The first-order valence-corrected chi connectivity index (χ1v) is 27.3. The molecule has 0 radical (unpaired) electrons. The molecule has 11 nitrogen and oxygen atoms in total. The number of benzene rings is 6. The summed E-state index contributed by atoms with van der Waals surface area (Å²) in [5.41, 5.74) is 7.71. The summed E-state index contributed by atoms with van der Waals surface area (Å²) in [5.74, 6) is 5.94. The second-order valence-electron chi connectivity index (χ2n) is 18.1. The summed E-state index contributed by atoms with van der Waals surface area (Å²) >= 11 is 1.61. The SMILES string of the molecule is CCC(CC)N1C(=O)c2ccc3c4c(OCCOC)cc5c6c(ccc(c7c(C#Cc8ccc(-c9cc(-c%10ccccn%10)nc(-c%10ccccn%10)c9)cc8)cc(c2c37)C1=O)c64)C(=O)N(C(CC)CC)C5=O.[Cl][Pt]. The van der Waals surface area contributed by atoms with E-state index in [4.69, 9.17) is 14.5 Å². The Morgan fingerprint density at radius 3 is 1.53 bits per heavy atom. The van der Waals surface area contributed by atoms with Gasteiger partial charge in [0.1, 0.15) is 12.4 Å². The summed E-state index contributed by atoms with van der Waals surface area (Å²) < 4.78 is 11.9. The number of ether oxygens (including phenoxy) is 2. The zero-order valence-corrected chi connectivity index (χ0v) is 43.9. The van der Waals surface area contributed by atoms with Gasteiger partial charge in [0.2, 0.25) is 0 Å². The van der Waals surface area contributed by atoms with E-state index < -0.39 is 0 Å². The first-order chi connectivity index (χ1) is 35.7. The molecular weight excluding hydrogens is 1120 g/mol. The van der Waals surface area contributed by atoms with Gasteiger partial charge in [-0.15, -0.1) is 0 Å². The standard InChI is InChI=1S/C60H49N5O6.ClH.Pt/c1-6-38(7-2)64-57(66)42-25-23-41-54-50(71-29-28-70-5)33-45-53-43(58(67)65(60(45)69)39(8-3)9-4)24-22-40(56(53)54)51-36(30-44(59(64)68)52(42)55(41)51)21-18-34-16-19-35(20-17-34)37-31-48(46-14-10-12-26-61-46)63-49(32-37)47-15-11-13-27-62-47;;/h10-17,19-20,22-27,30-33,38-39H,6-9,28-29H2,1-5H3;1H;/q;;+1/p-1. The van der Waals surface area contributed by atoms with Crippen LogP contribution in [0.2, 0.25) is 0 Å². The Morgan fingerprint density at radius 2 is 1.03 bits per heavy atom. The monoisotopic (exact) mass is 1170 g/mol. The quantitative estimate of drug-likeness (QED) is 0.0364. The number of amides is 4. The summed E-state index contributed by atoms with van der Waals surface area (Å²) in [5, 5.41) is 5.28. The van der Waals surface area contributed by atoms with Crippen LogP contribution in [-0.2, 0) is 23.5 Å². The van der Waals surface area contributed by atoms with Gasteiger partial charge in [-0.1, -0.05) is 75.9 Å². The number of carbonyl (C=O) groups excluding carboxylic acids is 4. The molecule has 0 atom stereocenters. The van der Waals surface area contributed by atoms with E-state index in [9.17, 15) is 19.2 Å². The molecule has 4 amide bonds. The van der Waals surface area contributed by atoms with E-state index in [1.807, 2.05) is 119 Å². The van der Waals surface area contributed by atoms with Crippen molar-refractivity contribution in [3.05, 3.63) is 155 Å². The first kappa shape index (κ1) is 49.2. The van der Waals surface area contributed by atoms with Crippen molar-refractivity contribution in [2.45, 2.75) is 65.5 Å². The van der Waals surface area contributed by atoms with Gasteiger partial charge in [-0.2, -0.15) is 0 Å². The maximum absolute atomic E-state index is 14.9. The Labute approximate surface area is 438 Å². The molecule has 0 fully saturated rings. The van der Waals surface area contributed by atoms with Crippen LogP contribution < -0.4 is 4.74 Å². The van der Waals surface area contributed by atoms with Crippen molar-refractivity contribution in [2.24, 2.45) is 0 Å². The molecule has 0 saturated heterocycles. The molecule has 0 bridgehead atoms. The predicted molar refractivity (Wildman–Crippen MR) is 283 cm³/mol. The molecule has 0 spiro atoms. The number of halogens is 1. The zero-order valence-electron chi connectivity index (χ0n) is 40.8. The fraction of sp³-hybridized carbons (Fsp3) is 0.217. The summed E-state index contributed by atoms with van der Waals surface area (Å²) in [4.78, 5) is 75.6. The molecule has 3 aromatic heterocycles. The van der Waals surface area contributed by atoms with Gasteiger partial charge in [0.15, 0.2) is 0 Å². The van der Waals surface area contributed by atoms with E-state index in [2.05, 4.69) is 31.2 Å². The number of nitrogens with zero attached hydrogens (tertiary/aromatic N) is 5. The van der Waals surface area contributed by atoms with Crippen molar-refractivity contribution >= 4 is 76.1 Å². The van der Waals surface area contributed by atoms with Crippen LogP contribution in [0.5, 0.6) is 5.75 Å². The van der Waals surface area contributed by atoms with Crippen LogP contribution in [0.15, 0.2) is 122 Å². The van der Waals surface area contributed by atoms with Crippen molar-refractivity contribution in [1.82, 2.24) is 24.8 Å². The van der Waals surface area contributed by atoms with E-state index in [0.717, 1.165) is 44.9 Å². The second kappa shape index (κ2) is 20.6. The average Bonchev–Trinajstić information content (AvgIpc) is 3.44. The Balaban J connectivity index is 0.00000302. The predicted octanol–water partition coefficient (Wildman–Crippen LogP) is 12.6. The zero-order chi connectivity index (χ0) is 51.1. The Morgan fingerprint density at radius 1 is 0.521 bits per heavy atom. The molecule has 9 aromatic rings. The van der Waals surface area contributed by atoms with Gasteiger partial charge in [-0.25, -0.2) is 4.98 Å². The van der Waals surface area contributed by atoms with Crippen LogP contribution in [-0.4, -0.2) is 80.8 Å². The molecule has 367 valence electrons. The van der Waals surface area contributed by atoms with Crippen molar-refractivity contribution in [3.63, 3.8) is 0 Å². The van der Waals surface area contributed by atoms with Crippen LogP contribution in [0.4, 0.5) is 0 Å². The fourth-order valence-electron chi connectivity index (χ4n) is 10.8. The molecule has 6 aromatic carbocycles. The summed E-state index contributed by atoms with van der Waals surface area (Å²) in [6.45, 7) is 8.41.